The zero-order valence-corrected chi connectivity index (χ0v) is 12.2. The van der Waals surface area contributed by atoms with Gasteiger partial charge in [0.1, 0.15) is 11.6 Å². The minimum Gasteiger partial charge on any atom is -0.383 e. The summed E-state index contributed by atoms with van der Waals surface area (Å²) in [5, 5.41) is 5.03. The van der Waals surface area contributed by atoms with Crippen LogP contribution >= 0.6 is 0 Å². The third-order valence-electron chi connectivity index (χ3n) is 4.23. The largest absolute Gasteiger partial charge is 0.383 e. The highest BCUT2D eigenvalue weighted by Gasteiger charge is 2.22. The fourth-order valence-electron chi connectivity index (χ4n) is 3.07. The van der Waals surface area contributed by atoms with Crippen LogP contribution < -0.4 is 5.73 Å². The molecular weight excluding hydrogens is 252 g/mol. The molecule has 3 heterocycles. The van der Waals surface area contributed by atoms with E-state index < -0.39 is 0 Å². The van der Waals surface area contributed by atoms with Crippen LogP contribution in [0.1, 0.15) is 38.4 Å². The molecule has 6 nitrogen and oxygen atoms in total. The van der Waals surface area contributed by atoms with Gasteiger partial charge in [-0.1, -0.05) is 13.3 Å². The molecule has 6 heteroatoms. The number of hydrogen-bond donors (Lipinski definition) is 1. The van der Waals surface area contributed by atoms with Crippen LogP contribution in [0.2, 0.25) is 0 Å². The van der Waals surface area contributed by atoms with E-state index in [1.807, 2.05) is 7.05 Å². The van der Waals surface area contributed by atoms with Crippen molar-refractivity contribution in [3.05, 3.63) is 12.0 Å². The van der Waals surface area contributed by atoms with E-state index in [9.17, 15) is 0 Å². The van der Waals surface area contributed by atoms with Gasteiger partial charge in [0, 0.05) is 13.1 Å². The molecular formula is C14H22N6. The second-order valence-corrected chi connectivity index (χ2v) is 5.56. The first-order chi connectivity index (χ1) is 9.69. The zero-order valence-electron chi connectivity index (χ0n) is 12.2. The van der Waals surface area contributed by atoms with Gasteiger partial charge >= 0.3 is 0 Å². The Labute approximate surface area is 119 Å². The van der Waals surface area contributed by atoms with E-state index in [4.69, 9.17) is 5.73 Å². The van der Waals surface area contributed by atoms with Crippen molar-refractivity contribution < 1.29 is 0 Å². The van der Waals surface area contributed by atoms with Crippen LogP contribution in [0.25, 0.3) is 11.0 Å². The quantitative estimate of drug-likeness (QED) is 0.922. The molecule has 1 atom stereocenters. The Hall–Kier alpha value is -1.69. The second kappa shape index (κ2) is 5.36. The van der Waals surface area contributed by atoms with Gasteiger partial charge < -0.3 is 5.73 Å². The van der Waals surface area contributed by atoms with Gasteiger partial charge in [-0.05, 0) is 25.8 Å². The maximum absolute atomic E-state index is 6.02. The van der Waals surface area contributed by atoms with Crippen molar-refractivity contribution in [2.45, 2.75) is 45.2 Å². The Morgan fingerprint density at radius 1 is 1.35 bits per heavy atom. The summed E-state index contributed by atoms with van der Waals surface area (Å²) in [5.41, 5.74) is 6.84. The maximum Gasteiger partial charge on any atom is 0.163 e. The molecule has 0 bridgehead atoms. The number of piperidine rings is 1. The highest BCUT2D eigenvalue weighted by atomic mass is 15.3. The Morgan fingerprint density at radius 2 is 2.20 bits per heavy atom. The fraction of sp³-hybridized carbons (Fsp3) is 0.643. The van der Waals surface area contributed by atoms with Crippen molar-refractivity contribution in [1.29, 1.82) is 0 Å². The molecule has 108 valence electrons. The van der Waals surface area contributed by atoms with Gasteiger partial charge in [0.2, 0.25) is 0 Å². The van der Waals surface area contributed by atoms with Crippen molar-refractivity contribution in [3.8, 4) is 0 Å². The number of nitrogen functional groups attached to an aromatic ring is 1. The number of nitrogens with zero attached hydrogens (tertiary/aromatic N) is 5. The fourth-order valence-corrected chi connectivity index (χ4v) is 3.07. The second-order valence-electron chi connectivity index (χ2n) is 5.56. The SMILES string of the molecule is CCC1CCCCN1Cc1nc(N)c2cnn(C)c2n1. The number of rotatable bonds is 3. The molecule has 0 aromatic carbocycles. The number of anilines is 1. The number of aryl methyl sites for hydroxylation is 1. The molecule has 0 aliphatic carbocycles. The van der Waals surface area contributed by atoms with E-state index in [-0.39, 0.29) is 0 Å². The van der Waals surface area contributed by atoms with Crippen LogP contribution in [-0.2, 0) is 13.6 Å². The molecule has 1 aliphatic rings. The first-order valence-corrected chi connectivity index (χ1v) is 7.37. The van der Waals surface area contributed by atoms with Crippen molar-refractivity contribution >= 4 is 16.9 Å². The van der Waals surface area contributed by atoms with E-state index in [1.54, 1.807) is 10.9 Å². The van der Waals surface area contributed by atoms with E-state index in [2.05, 4.69) is 26.9 Å². The topological polar surface area (TPSA) is 72.9 Å². The van der Waals surface area contributed by atoms with Gasteiger partial charge in [-0.25, -0.2) is 9.97 Å². The smallest absolute Gasteiger partial charge is 0.163 e. The van der Waals surface area contributed by atoms with Crippen LogP contribution in [0.15, 0.2) is 6.20 Å². The Kier molecular flexibility index (Phi) is 3.56. The average Bonchev–Trinajstić information content (AvgIpc) is 2.82. The highest BCUT2D eigenvalue weighted by molar-refractivity contribution is 5.84. The number of nitrogens with two attached hydrogens (primary N) is 1. The molecule has 2 aromatic rings. The van der Waals surface area contributed by atoms with Gasteiger partial charge in [-0.3, -0.25) is 9.58 Å². The first-order valence-electron chi connectivity index (χ1n) is 7.37. The summed E-state index contributed by atoms with van der Waals surface area (Å²) in [7, 11) is 1.88. The monoisotopic (exact) mass is 274 g/mol. The lowest BCUT2D eigenvalue weighted by molar-refractivity contribution is 0.133. The summed E-state index contributed by atoms with van der Waals surface area (Å²) in [6, 6.07) is 0.649. The Balaban J connectivity index is 1.88. The van der Waals surface area contributed by atoms with Crippen molar-refractivity contribution in [2.75, 3.05) is 12.3 Å². The molecule has 1 saturated heterocycles. The molecule has 1 aliphatic heterocycles. The number of aromatic nitrogens is 4. The summed E-state index contributed by atoms with van der Waals surface area (Å²) in [4.78, 5) is 11.6. The zero-order chi connectivity index (χ0) is 14.1. The average molecular weight is 274 g/mol. The molecule has 2 N–H and O–H groups in total. The summed E-state index contributed by atoms with van der Waals surface area (Å²) in [6.07, 6.45) is 6.78. The van der Waals surface area contributed by atoms with Crippen LogP contribution in [0.4, 0.5) is 5.82 Å². The molecule has 20 heavy (non-hydrogen) atoms. The van der Waals surface area contributed by atoms with Gasteiger partial charge in [-0.15, -0.1) is 0 Å². The predicted molar refractivity (Wildman–Crippen MR) is 79.1 cm³/mol. The standard InChI is InChI=1S/C14H22N6/c1-3-10-6-4-5-7-20(10)9-12-17-13(15)11-8-16-19(2)14(11)18-12/h8,10H,3-7,9H2,1-2H3,(H2,15,17,18). The molecule has 2 aromatic heterocycles. The van der Waals surface area contributed by atoms with Gasteiger partial charge in [0.15, 0.2) is 5.65 Å². The minimum atomic E-state index is 0.531. The van der Waals surface area contributed by atoms with Crippen LogP contribution in [0, 0.1) is 0 Å². The van der Waals surface area contributed by atoms with Crippen molar-refractivity contribution in [2.24, 2.45) is 7.05 Å². The lowest BCUT2D eigenvalue weighted by atomic mass is 10.0. The first kappa shape index (κ1) is 13.3. The molecule has 3 rings (SSSR count). The maximum atomic E-state index is 6.02. The normalized spacial score (nSPS) is 20.6. The summed E-state index contributed by atoms with van der Waals surface area (Å²) < 4.78 is 1.75. The minimum absolute atomic E-state index is 0.531. The van der Waals surface area contributed by atoms with E-state index in [0.29, 0.717) is 11.9 Å². The van der Waals surface area contributed by atoms with Crippen LogP contribution in [-0.4, -0.2) is 37.2 Å². The van der Waals surface area contributed by atoms with Crippen molar-refractivity contribution in [3.63, 3.8) is 0 Å². The molecule has 0 radical (unpaired) electrons. The third-order valence-corrected chi connectivity index (χ3v) is 4.23. The van der Waals surface area contributed by atoms with Gasteiger partial charge in [-0.2, -0.15) is 5.10 Å². The van der Waals surface area contributed by atoms with E-state index >= 15 is 0 Å². The molecule has 0 saturated carbocycles. The van der Waals surface area contributed by atoms with Crippen LogP contribution in [0.3, 0.4) is 0 Å². The number of hydrogen-bond acceptors (Lipinski definition) is 5. The van der Waals surface area contributed by atoms with Crippen LogP contribution in [0.5, 0.6) is 0 Å². The lowest BCUT2D eigenvalue weighted by Gasteiger charge is -2.34. The van der Waals surface area contributed by atoms with Gasteiger partial charge in [0.25, 0.3) is 0 Å². The van der Waals surface area contributed by atoms with E-state index in [1.165, 1.54) is 25.7 Å². The Bertz CT molecular complexity index is 605. The summed E-state index contributed by atoms with van der Waals surface area (Å²) in [6.45, 7) is 4.16. The summed E-state index contributed by atoms with van der Waals surface area (Å²) in [5.74, 6) is 1.34. The molecule has 0 amide bonds. The number of likely N-dealkylation sites (tertiary alicyclic amines) is 1. The summed E-state index contributed by atoms with van der Waals surface area (Å²) >= 11 is 0. The van der Waals surface area contributed by atoms with Crippen molar-refractivity contribution in [1.82, 2.24) is 24.6 Å². The molecule has 1 fully saturated rings. The lowest BCUT2D eigenvalue weighted by Crippen LogP contribution is -2.38. The Morgan fingerprint density at radius 3 is 3.00 bits per heavy atom. The molecule has 0 spiro atoms. The highest BCUT2D eigenvalue weighted by Crippen LogP contribution is 2.22. The molecule has 1 unspecified atom stereocenters. The van der Waals surface area contributed by atoms with Gasteiger partial charge in [0.05, 0.1) is 18.1 Å². The third kappa shape index (κ3) is 2.35. The predicted octanol–water partition coefficient (Wildman–Crippen LogP) is 1.71. The number of fused-ring (bicyclic) bond motifs is 1. The van der Waals surface area contributed by atoms with E-state index in [0.717, 1.165) is 29.9 Å².